The number of hydrogen-bond donors (Lipinski definition) is 3. The molecule has 50 heavy (non-hydrogen) atoms. The summed E-state index contributed by atoms with van der Waals surface area (Å²) >= 11 is 0. The van der Waals surface area contributed by atoms with Crippen LogP contribution in [0.3, 0.4) is 0 Å². The van der Waals surface area contributed by atoms with Gasteiger partial charge in [-0.15, -0.1) is 0 Å². The van der Waals surface area contributed by atoms with E-state index in [1.807, 2.05) is 13.0 Å². The smallest absolute Gasteiger partial charge is 0.338 e. The van der Waals surface area contributed by atoms with Gasteiger partial charge in [-0.2, -0.15) is 5.10 Å². The van der Waals surface area contributed by atoms with Crippen LogP contribution in [0.15, 0.2) is 72.9 Å². The van der Waals surface area contributed by atoms with Crippen LogP contribution in [0.25, 0.3) is 5.65 Å². The zero-order valence-electron chi connectivity index (χ0n) is 27.8. The standard InChI is InChI=1S/C37H34F2N6O5/c1-20-23-13-15-28(25(23)12-11-24(20)36(49)50-37(2,3)4)43-35(48)31-17-29(34(47)40-18-21-10-14-26(38)27(39)16-21)42-32-30(19-41-45(31)32)44-33(46)22-8-6-5-7-9-22/h5-12,14,16-17,19,28H,13,15,18H2,1-4H3,(H,40,47)(H,43,48)(H,44,46)/t28-/m0/s1. The van der Waals surface area contributed by atoms with Gasteiger partial charge in [-0.05, 0) is 93.1 Å². The Balaban J connectivity index is 1.30. The quantitative estimate of drug-likeness (QED) is 0.174. The molecule has 2 heterocycles. The molecule has 2 aromatic heterocycles. The lowest BCUT2D eigenvalue weighted by Crippen LogP contribution is -2.31. The molecule has 1 aliphatic rings. The van der Waals surface area contributed by atoms with E-state index < -0.39 is 47.0 Å². The van der Waals surface area contributed by atoms with Crippen molar-refractivity contribution in [3.05, 3.63) is 129 Å². The van der Waals surface area contributed by atoms with Crippen molar-refractivity contribution in [2.45, 2.75) is 58.7 Å². The highest BCUT2D eigenvalue weighted by molar-refractivity contribution is 6.06. The van der Waals surface area contributed by atoms with Gasteiger partial charge in [0.15, 0.2) is 17.3 Å². The second-order valence-corrected chi connectivity index (χ2v) is 12.9. The van der Waals surface area contributed by atoms with Gasteiger partial charge in [-0.3, -0.25) is 14.4 Å². The van der Waals surface area contributed by atoms with Crippen molar-refractivity contribution in [1.29, 1.82) is 0 Å². The Morgan fingerprint density at radius 2 is 1.70 bits per heavy atom. The molecule has 6 rings (SSSR count). The van der Waals surface area contributed by atoms with Crippen molar-refractivity contribution in [3.63, 3.8) is 0 Å². The maximum atomic E-state index is 13.9. The zero-order chi connectivity index (χ0) is 35.7. The number of ether oxygens (including phenoxy) is 1. The molecule has 1 atom stereocenters. The molecule has 0 spiro atoms. The van der Waals surface area contributed by atoms with Crippen molar-refractivity contribution in [2.24, 2.45) is 0 Å². The minimum absolute atomic E-state index is 0.0320. The summed E-state index contributed by atoms with van der Waals surface area (Å²) in [6, 6.07) is 16.1. The number of esters is 1. The third kappa shape index (κ3) is 7.07. The van der Waals surface area contributed by atoms with Gasteiger partial charge in [0, 0.05) is 18.2 Å². The molecule has 0 saturated carbocycles. The molecular weight excluding hydrogens is 646 g/mol. The van der Waals surface area contributed by atoms with Crippen LogP contribution in [-0.4, -0.2) is 43.9 Å². The van der Waals surface area contributed by atoms with Crippen LogP contribution in [0.1, 0.15) is 97.2 Å². The third-order valence-electron chi connectivity index (χ3n) is 8.28. The first-order valence-corrected chi connectivity index (χ1v) is 15.9. The zero-order valence-corrected chi connectivity index (χ0v) is 27.8. The van der Waals surface area contributed by atoms with E-state index in [0.29, 0.717) is 29.5 Å². The van der Waals surface area contributed by atoms with Crippen LogP contribution in [0, 0.1) is 18.6 Å². The summed E-state index contributed by atoms with van der Waals surface area (Å²) in [5, 5.41) is 12.7. The minimum atomic E-state index is -1.06. The van der Waals surface area contributed by atoms with Crippen molar-refractivity contribution in [2.75, 3.05) is 5.32 Å². The van der Waals surface area contributed by atoms with Gasteiger partial charge in [-0.1, -0.05) is 30.3 Å². The second kappa shape index (κ2) is 13.5. The molecule has 11 nitrogen and oxygen atoms in total. The molecule has 256 valence electrons. The number of hydrogen-bond acceptors (Lipinski definition) is 7. The first kappa shape index (κ1) is 33.9. The molecule has 1 aliphatic carbocycles. The molecule has 0 fully saturated rings. The maximum Gasteiger partial charge on any atom is 0.338 e. The summed E-state index contributed by atoms with van der Waals surface area (Å²) in [7, 11) is 0. The fourth-order valence-electron chi connectivity index (χ4n) is 5.85. The topological polar surface area (TPSA) is 144 Å². The van der Waals surface area contributed by atoms with Gasteiger partial charge in [0.1, 0.15) is 22.7 Å². The molecule has 0 bridgehead atoms. The molecule has 0 aliphatic heterocycles. The highest BCUT2D eigenvalue weighted by Crippen LogP contribution is 2.35. The minimum Gasteiger partial charge on any atom is -0.456 e. The largest absolute Gasteiger partial charge is 0.456 e. The first-order valence-electron chi connectivity index (χ1n) is 15.9. The lowest BCUT2D eigenvalue weighted by atomic mass is 9.97. The van der Waals surface area contributed by atoms with Gasteiger partial charge >= 0.3 is 5.97 Å². The Labute approximate surface area is 286 Å². The van der Waals surface area contributed by atoms with Crippen LogP contribution in [0.5, 0.6) is 0 Å². The number of carbonyl (C=O) groups is 4. The maximum absolute atomic E-state index is 13.9. The number of amides is 3. The molecule has 0 unspecified atom stereocenters. The van der Waals surface area contributed by atoms with Crippen LogP contribution < -0.4 is 16.0 Å². The number of fused-ring (bicyclic) bond motifs is 2. The van der Waals surface area contributed by atoms with Crippen LogP contribution in [0.4, 0.5) is 14.5 Å². The van der Waals surface area contributed by atoms with E-state index in [9.17, 15) is 28.0 Å². The third-order valence-corrected chi connectivity index (χ3v) is 8.28. The Bertz CT molecular complexity index is 2160. The van der Waals surface area contributed by atoms with Crippen molar-refractivity contribution in [1.82, 2.24) is 25.2 Å². The number of benzene rings is 3. The van der Waals surface area contributed by atoms with E-state index in [2.05, 4.69) is 26.0 Å². The average Bonchev–Trinajstić information content (AvgIpc) is 3.68. The predicted octanol–water partition coefficient (Wildman–Crippen LogP) is 5.87. The Morgan fingerprint density at radius 1 is 0.940 bits per heavy atom. The van der Waals surface area contributed by atoms with E-state index >= 15 is 0 Å². The predicted molar refractivity (Wildman–Crippen MR) is 180 cm³/mol. The second-order valence-electron chi connectivity index (χ2n) is 12.9. The van der Waals surface area contributed by atoms with E-state index in [1.165, 1.54) is 22.8 Å². The fourth-order valence-corrected chi connectivity index (χ4v) is 5.85. The summed E-state index contributed by atoms with van der Waals surface area (Å²) in [4.78, 5) is 57.6. The van der Waals surface area contributed by atoms with Crippen LogP contribution in [-0.2, 0) is 17.7 Å². The first-order chi connectivity index (χ1) is 23.8. The van der Waals surface area contributed by atoms with Crippen LogP contribution in [0.2, 0.25) is 0 Å². The monoisotopic (exact) mass is 680 g/mol. The Kier molecular flexibility index (Phi) is 9.15. The highest BCUT2D eigenvalue weighted by atomic mass is 19.2. The number of aromatic nitrogens is 3. The molecule has 3 aromatic carbocycles. The molecule has 3 amide bonds. The van der Waals surface area contributed by atoms with E-state index in [4.69, 9.17) is 4.74 Å². The van der Waals surface area contributed by atoms with Gasteiger partial charge in [-0.25, -0.2) is 23.1 Å². The Hall–Kier alpha value is -5.98. The van der Waals surface area contributed by atoms with Crippen LogP contribution >= 0.6 is 0 Å². The normalized spacial score (nSPS) is 13.8. The average molecular weight is 681 g/mol. The highest BCUT2D eigenvalue weighted by Gasteiger charge is 2.30. The van der Waals surface area contributed by atoms with Crippen molar-refractivity contribution >= 4 is 35.0 Å². The lowest BCUT2D eigenvalue weighted by Gasteiger charge is -2.21. The van der Waals surface area contributed by atoms with Gasteiger partial charge < -0.3 is 20.7 Å². The Morgan fingerprint density at radius 3 is 2.42 bits per heavy atom. The molecule has 13 heteroatoms. The molecule has 5 aromatic rings. The summed E-state index contributed by atoms with van der Waals surface area (Å²) in [6.45, 7) is 7.11. The van der Waals surface area contributed by atoms with E-state index in [-0.39, 0.29) is 29.3 Å². The SMILES string of the molecule is Cc1c(C(=O)OC(C)(C)C)ccc2c1CC[C@@H]2NC(=O)c1cc(C(=O)NCc2ccc(F)c(F)c2)nc2c(NC(=O)c3ccccc3)cnn12. The molecular formula is C37H34F2N6O5. The summed E-state index contributed by atoms with van der Waals surface area (Å²) in [5.41, 5.74) is 3.04. The van der Waals surface area contributed by atoms with Gasteiger partial charge in [0.2, 0.25) is 0 Å². The molecule has 3 N–H and O–H groups in total. The molecule has 0 saturated heterocycles. The summed E-state index contributed by atoms with van der Waals surface area (Å²) in [5.74, 6) is -4.22. The number of anilines is 1. The number of carbonyl (C=O) groups excluding carboxylic acids is 4. The summed E-state index contributed by atoms with van der Waals surface area (Å²) in [6.07, 6.45) is 2.51. The number of nitrogens with zero attached hydrogens (tertiary/aromatic N) is 3. The summed E-state index contributed by atoms with van der Waals surface area (Å²) < 4.78 is 34.0. The fraction of sp³-hybridized carbons (Fsp3) is 0.243. The van der Waals surface area contributed by atoms with Crippen molar-refractivity contribution < 1.29 is 32.7 Å². The van der Waals surface area contributed by atoms with Gasteiger partial charge in [0.05, 0.1) is 17.8 Å². The lowest BCUT2D eigenvalue weighted by molar-refractivity contribution is 0.00682. The van der Waals surface area contributed by atoms with E-state index in [1.54, 1.807) is 57.2 Å². The van der Waals surface area contributed by atoms with Crippen molar-refractivity contribution in [3.8, 4) is 0 Å². The molecule has 0 radical (unpaired) electrons. The number of rotatable bonds is 8. The van der Waals surface area contributed by atoms with E-state index in [0.717, 1.165) is 28.8 Å². The number of halogens is 2. The van der Waals surface area contributed by atoms with Gasteiger partial charge in [0.25, 0.3) is 17.7 Å². The number of nitrogens with one attached hydrogen (secondary N) is 3.